The van der Waals surface area contributed by atoms with E-state index in [1.54, 1.807) is 24.3 Å². The first kappa shape index (κ1) is 18.1. The standard InChI is InChI=1S/C19H15FN2O5/c1-22-14-8-11(10-2-5-12(20)6-3-10)4-7-13(14)17(25)16(19(22)27)18(26)21-9-15(23)24/h2-8,25H,9H2,1H3,(H,21,26)(H,23,24). The normalized spacial score (nSPS) is 10.7. The fourth-order valence-electron chi connectivity index (χ4n) is 2.79. The monoisotopic (exact) mass is 370 g/mol. The number of nitrogens with one attached hydrogen (secondary N) is 1. The Balaban J connectivity index is 2.14. The number of halogens is 1. The minimum atomic E-state index is -1.27. The minimum Gasteiger partial charge on any atom is -0.506 e. The van der Waals surface area contributed by atoms with Gasteiger partial charge in [0, 0.05) is 12.4 Å². The van der Waals surface area contributed by atoms with Crippen LogP contribution in [0.25, 0.3) is 22.0 Å². The molecule has 0 saturated carbocycles. The van der Waals surface area contributed by atoms with Gasteiger partial charge in [-0.25, -0.2) is 4.39 Å². The molecule has 0 bridgehead atoms. The van der Waals surface area contributed by atoms with Gasteiger partial charge in [0.25, 0.3) is 11.5 Å². The van der Waals surface area contributed by atoms with Crippen LogP contribution in [0.1, 0.15) is 10.4 Å². The largest absolute Gasteiger partial charge is 0.506 e. The molecule has 27 heavy (non-hydrogen) atoms. The van der Waals surface area contributed by atoms with Gasteiger partial charge in [0.15, 0.2) is 0 Å². The van der Waals surface area contributed by atoms with E-state index < -0.39 is 35.3 Å². The molecule has 2 aromatic carbocycles. The number of pyridine rings is 1. The number of aryl methyl sites for hydroxylation is 1. The predicted octanol–water partition coefficient (Wildman–Crippen LogP) is 1.86. The van der Waals surface area contributed by atoms with Crippen molar-refractivity contribution in [3.8, 4) is 16.9 Å². The molecule has 1 aromatic heterocycles. The number of hydrogen-bond acceptors (Lipinski definition) is 4. The second kappa shape index (κ2) is 6.91. The Morgan fingerprint density at radius 1 is 1.11 bits per heavy atom. The number of rotatable bonds is 4. The molecule has 3 aromatic rings. The van der Waals surface area contributed by atoms with E-state index in [1.165, 1.54) is 29.8 Å². The summed E-state index contributed by atoms with van der Waals surface area (Å²) in [5.74, 6) is -3.15. The molecular weight excluding hydrogens is 355 g/mol. The van der Waals surface area contributed by atoms with Crippen molar-refractivity contribution < 1.29 is 24.2 Å². The molecule has 0 aliphatic rings. The quantitative estimate of drug-likeness (QED) is 0.650. The number of carbonyl (C=O) groups is 2. The molecule has 0 aliphatic carbocycles. The van der Waals surface area contributed by atoms with Gasteiger partial charge >= 0.3 is 5.97 Å². The molecule has 1 heterocycles. The van der Waals surface area contributed by atoms with Crippen LogP contribution in [0.5, 0.6) is 5.75 Å². The Kier molecular flexibility index (Phi) is 4.64. The van der Waals surface area contributed by atoms with Gasteiger partial charge < -0.3 is 20.1 Å². The zero-order valence-corrected chi connectivity index (χ0v) is 14.2. The zero-order valence-electron chi connectivity index (χ0n) is 14.2. The van der Waals surface area contributed by atoms with Crippen molar-refractivity contribution in [2.45, 2.75) is 0 Å². The lowest BCUT2D eigenvalue weighted by atomic mass is 10.0. The highest BCUT2D eigenvalue weighted by Crippen LogP contribution is 2.30. The number of aromatic hydroxyl groups is 1. The number of carboxylic acid groups (broad SMARTS) is 1. The van der Waals surface area contributed by atoms with E-state index in [1.807, 2.05) is 0 Å². The highest BCUT2D eigenvalue weighted by atomic mass is 19.1. The van der Waals surface area contributed by atoms with Crippen LogP contribution in [-0.2, 0) is 11.8 Å². The highest BCUT2D eigenvalue weighted by molar-refractivity contribution is 6.03. The summed E-state index contributed by atoms with van der Waals surface area (Å²) < 4.78 is 14.3. The lowest BCUT2D eigenvalue weighted by molar-refractivity contribution is -0.135. The third-order valence-electron chi connectivity index (χ3n) is 4.17. The molecule has 0 radical (unpaired) electrons. The molecule has 0 saturated heterocycles. The van der Waals surface area contributed by atoms with Crippen LogP contribution in [0.4, 0.5) is 4.39 Å². The Bertz CT molecular complexity index is 1120. The van der Waals surface area contributed by atoms with Gasteiger partial charge in [-0.2, -0.15) is 0 Å². The number of carboxylic acids is 1. The minimum absolute atomic E-state index is 0.253. The van der Waals surface area contributed by atoms with Crippen molar-refractivity contribution in [1.82, 2.24) is 9.88 Å². The second-order valence-electron chi connectivity index (χ2n) is 5.90. The third kappa shape index (κ3) is 3.37. The van der Waals surface area contributed by atoms with Crippen LogP contribution in [0.2, 0.25) is 0 Å². The van der Waals surface area contributed by atoms with Gasteiger partial charge in [-0.3, -0.25) is 14.4 Å². The fraction of sp³-hybridized carbons (Fsp3) is 0.105. The average molecular weight is 370 g/mol. The summed E-state index contributed by atoms with van der Waals surface area (Å²) in [5, 5.41) is 21.4. The molecule has 0 atom stereocenters. The summed E-state index contributed by atoms with van der Waals surface area (Å²) >= 11 is 0. The van der Waals surface area contributed by atoms with Gasteiger partial charge in [0.05, 0.1) is 5.52 Å². The lowest BCUT2D eigenvalue weighted by Crippen LogP contribution is -2.35. The van der Waals surface area contributed by atoms with Gasteiger partial charge in [0.2, 0.25) is 0 Å². The number of aliphatic carboxylic acids is 1. The van der Waals surface area contributed by atoms with Gasteiger partial charge in [-0.1, -0.05) is 18.2 Å². The van der Waals surface area contributed by atoms with Crippen LogP contribution >= 0.6 is 0 Å². The maximum atomic E-state index is 13.1. The maximum absolute atomic E-state index is 13.1. The Hall–Kier alpha value is -3.68. The van der Waals surface area contributed by atoms with E-state index in [4.69, 9.17) is 5.11 Å². The van der Waals surface area contributed by atoms with Crippen molar-refractivity contribution in [1.29, 1.82) is 0 Å². The predicted molar refractivity (Wildman–Crippen MR) is 96.2 cm³/mol. The van der Waals surface area contributed by atoms with Gasteiger partial charge in [-0.15, -0.1) is 0 Å². The van der Waals surface area contributed by atoms with Crippen LogP contribution in [-0.4, -0.2) is 33.2 Å². The Morgan fingerprint density at radius 3 is 2.37 bits per heavy atom. The van der Waals surface area contributed by atoms with E-state index in [0.29, 0.717) is 16.6 Å². The summed E-state index contributed by atoms with van der Waals surface area (Å²) in [6, 6.07) is 10.6. The van der Waals surface area contributed by atoms with Crippen LogP contribution in [0.3, 0.4) is 0 Å². The second-order valence-corrected chi connectivity index (χ2v) is 5.90. The summed E-state index contributed by atoms with van der Waals surface area (Å²) in [5.41, 5.74) is 0.488. The number of nitrogens with zero attached hydrogens (tertiary/aromatic N) is 1. The smallest absolute Gasteiger partial charge is 0.322 e. The Morgan fingerprint density at radius 2 is 1.74 bits per heavy atom. The highest BCUT2D eigenvalue weighted by Gasteiger charge is 2.21. The van der Waals surface area contributed by atoms with Crippen molar-refractivity contribution in [2.24, 2.45) is 7.05 Å². The Labute approximate surface area is 152 Å². The van der Waals surface area contributed by atoms with Crippen molar-refractivity contribution in [2.75, 3.05) is 6.54 Å². The number of carbonyl (C=O) groups excluding carboxylic acids is 1. The zero-order chi connectivity index (χ0) is 19.7. The molecule has 138 valence electrons. The SMILES string of the molecule is Cn1c(=O)c(C(=O)NCC(=O)O)c(O)c2ccc(-c3ccc(F)cc3)cc21. The number of aromatic nitrogens is 1. The van der Waals surface area contributed by atoms with Gasteiger partial charge in [0.1, 0.15) is 23.7 Å². The third-order valence-corrected chi connectivity index (χ3v) is 4.17. The molecule has 1 amide bonds. The topological polar surface area (TPSA) is 109 Å². The number of benzene rings is 2. The average Bonchev–Trinajstić information content (AvgIpc) is 2.65. The summed E-state index contributed by atoms with van der Waals surface area (Å²) in [7, 11) is 1.44. The van der Waals surface area contributed by atoms with Crippen molar-refractivity contribution in [3.63, 3.8) is 0 Å². The first-order valence-electron chi connectivity index (χ1n) is 7.91. The lowest BCUT2D eigenvalue weighted by Gasteiger charge is -2.13. The first-order chi connectivity index (χ1) is 12.8. The molecule has 0 unspecified atom stereocenters. The number of hydrogen-bond donors (Lipinski definition) is 3. The first-order valence-corrected chi connectivity index (χ1v) is 7.91. The molecule has 0 fully saturated rings. The summed E-state index contributed by atoms with van der Waals surface area (Å²) in [4.78, 5) is 35.2. The molecule has 0 aliphatic heterocycles. The van der Waals surface area contributed by atoms with E-state index in [2.05, 4.69) is 5.32 Å². The summed E-state index contributed by atoms with van der Waals surface area (Å²) in [6.07, 6.45) is 0. The van der Waals surface area contributed by atoms with E-state index in [0.717, 1.165) is 0 Å². The molecule has 3 rings (SSSR count). The van der Waals surface area contributed by atoms with Crippen molar-refractivity contribution >= 4 is 22.8 Å². The van der Waals surface area contributed by atoms with Crippen LogP contribution in [0.15, 0.2) is 47.3 Å². The van der Waals surface area contributed by atoms with E-state index in [9.17, 15) is 23.9 Å². The number of fused-ring (bicyclic) bond motifs is 1. The summed E-state index contributed by atoms with van der Waals surface area (Å²) in [6.45, 7) is -0.678. The van der Waals surface area contributed by atoms with Crippen molar-refractivity contribution in [3.05, 3.63) is 64.2 Å². The van der Waals surface area contributed by atoms with E-state index in [-0.39, 0.29) is 11.2 Å². The molecule has 0 spiro atoms. The molecular formula is C19H15FN2O5. The fourth-order valence-corrected chi connectivity index (χ4v) is 2.79. The van der Waals surface area contributed by atoms with E-state index >= 15 is 0 Å². The van der Waals surface area contributed by atoms with Crippen LogP contribution in [0, 0.1) is 5.82 Å². The molecule has 7 nitrogen and oxygen atoms in total. The van der Waals surface area contributed by atoms with Crippen LogP contribution < -0.4 is 10.9 Å². The molecule has 8 heteroatoms. The number of amides is 1. The maximum Gasteiger partial charge on any atom is 0.322 e. The molecule has 3 N–H and O–H groups in total. The van der Waals surface area contributed by atoms with Gasteiger partial charge in [-0.05, 0) is 35.4 Å².